The van der Waals surface area contributed by atoms with E-state index in [1.807, 2.05) is 31.2 Å². The lowest BCUT2D eigenvalue weighted by Crippen LogP contribution is -2.13. The summed E-state index contributed by atoms with van der Waals surface area (Å²) in [5, 5.41) is 1.05. The molecule has 10 nitrogen and oxygen atoms in total. The highest BCUT2D eigenvalue weighted by Gasteiger charge is 2.23. The van der Waals surface area contributed by atoms with Gasteiger partial charge in [0.25, 0.3) is 15.9 Å². The van der Waals surface area contributed by atoms with Gasteiger partial charge in [0, 0.05) is 12.4 Å². The van der Waals surface area contributed by atoms with Crippen LogP contribution in [-0.2, 0) is 10.0 Å². The number of rotatable bonds is 9. The van der Waals surface area contributed by atoms with Crippen LogP contribution in [0.15, 0.2) is 72.4 Å². The highest BCUT2D eigenvalue weighted by molar-refractivity contribution is 7.95. The molecule has 0 unspecified atom stereocenters. The zero-order valence-corrected chi connectivity index (χ0v) is 20.6. The smallest absolute Gasteiger partial charge is 0.263 e. The molecule has 0 atom stereocenters. The molecular weight excluding hydrogens is 482 g/mol. The third-order valence-electron chi connectivity index (χ3n) is 4.93. The van der Waals surface area contributed by atoms with Crippen molar-refractivity contribution in [2.45, 2.75) is 6.92 Å². The number of methoxy groups -OCH3 is 2. The van der Waals surface area contributed by atoms with Crippen LogP contribution in [-0.4, -0.2) is 42.6 Å². The molecule has 0 aliphatic rings. The quantitative estimate of drug-likeness (QED) is 0.351. The minimum absolute atomic E-state index is 0.0288. The first kappa shape index (κ1) is 24.6. The van der Waals surface area contributed by atoms with Crippen LogP contribution in [0.2, 0.25) is 0 Å². The molecule has 2 heterocycles. The van der Waals surface area contributed by atoms with Gasteiger partial charge in [-0.05, 0) is 42.3 Å². The predicted octanol–water partition coefficient (Wildman–Crippen LogP) is 4.46. The molecule has 4 aromatic rings. The maximum atomic E-state index is 13.0. The van der Waals surface area contributed by atoms with Crippen molar-refractivity contribution in [3.05, 3.63) is 83.5 Å². The number of sulfonamides is 1. The molecule has 0 spiro atoms. The van der Waals surface area contributed by atoms with Crippen LogP contribution in [0.3, 0.4) is 0 Å². The standard InChI is InChI=1S/C25H23N5O5S/c1-17-9-4-5-10-18(17)13-16-36(31,32)30-22-21(35-20-12-7-6-11-19(20)33-2)25(34-3)29-24(28-22)23-26-14-8-15-27-23/h4-16H,1-3H3,(H,28,29,30)/b16-13+. The first-order valence-electron chi connectivity index (χ1n) is 10.7. The van der Waals surface area contributed by atoms with E-state index in [1.54, 1.807) is 30.3 Å². The van der Waals surface area contributed by atoms with E-state index in [0.717, 1.165) is 16.5 Å². The molecule has 2 aromatic heterocycles. The second kappa shape index (κ2) is 10.8. The van der Waals surface area contributed by atoms with Crippen LogP contribution >= 0.6 is 0 Å². The number of hydrogen-bond acceptors (Lipinski definition) is 9. The van der Waals surface area contributed by atoms with E-state index in [2.05, 4.69) is 24.7 Å². The number of aryl methyl sites for hydroxylation is 1. The summed E-state index contributed by atoms with van der Waals surface area (Å²) in [5.74, 6) is 0.693. The number of benzene rings is 2. The Bertz CT molecular complexity index is 1490. The van der Waals surface area contributed by atoms with Crippen LogP contribution in [0.25, 0.3) is 17.7 Å². The molecule has 11 heteroatoms. The third kappa shape index (κ3) is 5.76. The van der Waals surface area contributed by atoms with E-state index in [1.165, 1.54) is 32.7 Å². The summed E-state index contributed by atoms with van der Waals surface area (Å²) in [6.07, 6.45) is 4.54. The van der Waals surface area contributed by atoms with Gasteiger partial charge in [-0.25, -0.2) is 23.4 Å². The normalized spacial score (nSPS) is 11.3. The molecule has 0 radical (unpaired) electrons. The number of hydrogen-bond donors (Lipinski definition) is 1. The molecule has 4 rings (SSSR count). The van der Waals surface area contributed by atoms with Crippen molar-refractivity contribution >= 4 is 21.9 Å². The molecule has 2 aromatic carbocycles. The fourth-order valence-electron chi connectivity index (χ4n) is 3.16. The van der Waals surface area contributed by atoms with Gasteiger partial charge in [-0.15, -0.1) is 0 Å². The average Bonchev–Trinajstić information content (AvgIpc) is 2.89. The van der Waals surface area contributed by atoms with Gasteiger partial charge in [-0.1, -0.05) is 36.4 Å². The average molecular weight is 506 g/mol. The molecule has 36 heavy (non-hydrogen) atoms. The van der Waals surface area contributed by atoms with Gasteiger partial charge in [-0.3, -0.25) is 4.72 Å². The van der Waals surface area contributed by atoms with Crippen LogP contribution in [0, 0.1) is 6.92 Å². The summed E-state index contributed by atoms with van der Waals surface area (Å²) in [7, 11) is -1.16. The summed E-state index contributed by atoms with van der Waals surface area (Å²) < 4.78 is 45.3. The fraction of sp³-hybridized carbons (Fsp3) is 0.120. The van der Waals surface area contributed by atoms with Crippen molar-refractivity contribution in [3.8, 4) is 34.8 Å². The number of nitrogens with one attached hydrogen (secondary N) is 1. The number of nitrogens with zero attached hydrogens (tertiary/aromatic N) is 4. The van der Waals surface area contributed by atoms with Crippen molar-refractivity contribution in [2.75, 3.05) is 18.9 Å². The van der Waals surface area contributed by atoms with E-state index < -0.39 is 10.0 Å². The first-order chi connectivity index (χ1) is 17.4. The monoisotopic (exact) mass is 505 g/mol. The van der Waals surface area contributed by atoms with Gasteiger partial charge in [-0.2, -0.15) is 4.98 Å². The van der Waals surface area contributed by atoms with E-state index in [-0.39, 0.29) is 29.1 Å². The molecule has 0 saturated carbocycles. The van der Waals surface area contributed by atoms with Crippen LogP contribution in [0.4, 0.5) is 5.82 Å². The number of anilines is 1. The Morgan fingerprint density at radius 2 is 1.53 bits per heavy atom. The topological polar surface area (TPSA) is 125 Å². The van der Waals surface area contributed by atoms with Crippen LogP contribution < -0.4 is 18.9 Å². The van der Waals surface area contributed by atoms with E-state index in [0.29, 0.717) is 11.5 Å². The lowest BCUT2D eigenvalue weighted by molar-refractivity contribution is 0.348. The van der Waals surface area contributed by atoms with Gasteiger partial charge in [0.05, 0.1) is 19.6 Å². The SMILES string of the molecule is COc1ccccc1Oc1c(NS(=O)(=O)/C=C/c2ccccc2C)nc(-c2ncccn2)nc1OC. The highest BCUT2D eigenvalue weighted by atomic mass is 32.2. The van der Waals surface area contributed by atoms with Crippen LogP contribution in [0.5, 0.6) is 23.1 Å². The molecular formula is C25H23N5O5S. The minimum Gasteiger partial charge on any atom is -0.493 e. The molecule has 0 bridgehead atoms. The summed E-state index contributed by atoms with van der Waals surface area (Å²) >= 11 is 0. The molecule has 1 N–H and O–H groups in total. The van der Waals surface area contributed by atoms with E-state index in [4.69, 9.17) is 14.2 Å². The molecule has 184 valence electrons. The first-order valence-corrected chi connectivity index (χ1v) is 12.3. The predicted molar refractivity (Wildman–Crippen MR) is 135 cm³/mol. The molecule has 0 saturated heterocycles. The zero-order chi connectivity index (χ0) is 25.5. The van der Waals surface area contributed by atoms with Gasteiger partial charge in [0.1, 0.15) is 0 Å². The maximum Gasteiger partial charge on any atom is 0.263 e. The van der Waals surface area contributed by atoms with Gasteiger partial charge < -0.3 is 14.2 Å². The lowest BCUT2D eigenvalue weighted by atomic mass is 10.1. The Balaban J connectivity index is 1.80. The summed E-state index contributed by atoms with van der Waals surface area (Å²) in [6.45, 7) is 1.89. The Kier molecular flexibility index (Phi) is 7.40. The lowest BCUT2D eigenvalue weighted by Gasteiger charge is -2.16. The van der Waals surface area contributed by atoms with Crippen molar-refractivity contribution in [3.63, 3.8) is 0 Å². The molecule has 0 aliphatic carbocycles. The largest absolute Gasteiger partial charge is 0.493 e. The number of aromatic nitrogens is 4. The van der Waals surface area contributed by atoms with Gasteiger partial charge in [0.15, 0.2) is 23.1 Å². The second-order valence-corrected chi connectivity index (χ2v) is 8.93. The van der Waals surface area contributed by atoms with E-state index >= 15 is 0 Å². The molecule has 0 amide bonds. The third-order valence-corrected chi connectivity index (χ3v) is 5.90. The highest BCUT2D eigenvalue weighted by Crippen LogP contribution is 2.40. The Labute approximate surface area is 208 Å². The van der Waals surface area contributed by atoms with Crippen molar-refractivity contribution in [1.82, 2.24) is 19.9 Å². The van der Waals surface area contributed by atoms with Crippen molar-refractivity contribution in [1.29, 1.82) is 0 Å². The number of para-hydroxylation sites is 2. The Morgan fingerprint density at radius 1 is 0.833 bits per heavy atom. The van der Waals surface area contributed by atoms with Crippen molar-refractivity contribution in [2.24, 2.45) is 0 Å². The van der Waals surface area contributed by atoms with Gasteiger partial charge in [0.2, 0.25) is 11.6 Å². The molecule has 0 fully saturated rings. The van der Waals surface area contributed by atoms with Crippen LogP contribution in [0.1, 0.15) is 11.1 Å². The maximum absolute atomic E-state index is 13.0. The minimum atomic E-state index is -4.03. The Hall–Kier alpha value is -4.51. The fourth-order valence-corrected chi connectivity index (χ4v) is 3.96. The summed E-state index contributed by atoms with van der Waals surface area (Å²) in [6, 6.07) is 15.9. The van der Waals surface area contributed by atoms with E-state index in [9.17, 15) is 8.42 Å². The molecule has 0 aliphatic heterocycles. The number of ether oxygens (including phenoxy) is 3. The zero-order valence-electron chi connectivity index (χ0n) is 19.7. The second-order valence-electron chi connectivity index (χ2n) is 7.37. The van der Waals surface area contributed by atoms with Gasteiger partial charge >= 0.3 is 0 Å². The summed E-state index contributed by atoms with van der Waals surface area (Å²) in [5.41, 5.74) is 1.68. The van der Waals surface area contributed by atoms with Crippen molar-refractivity contribution < 1.29 is 22.6 Å². The Morgan fingerprint density at radius 3 is 2.22 bits per heavy atom. The summed E-state index contributed by atoms with van der Waals surface area (Å²) in [4.78, 5) is 17.0.